The van der Waals surface area contributed by atoms with Crippen LogP contribution in [0.15, 0.2) is 12.7 Å². The van der Waals surface area contributed by atoms with Crippen LogP contribution in [0.4, 0.5) is 0 Å². The van der Waals surface area contributed by atoms with Crippen molar-refractivity contribution >= 4 is 16.5 Å². The molecule has 0 heterocycles. The molecule has 0 aromatic rings. The summed E-state index contributed by atoms with van der Waals surface area (Å²) >= 11 is 0. The van der Waals surface area contributed by atoms with Gasteiger partial charge in [0.1, 0.15) is 12.7 Å². The number of allylic oxidation sites excluding steroid dienone is 1. The predicted molar refractivity (Wildman–Crippen MR) is 47.6 cm³/mol. The van der Waals surface area contributed by atoms with Gasteiger partial charge in [0, 0.05) is 0 Å². The van der Waals surface area contributed by atoms with Gasteiger partial charge in [0.05, 0.1) is 0 Å². The third-order valence-electron chi connectivity index (χ3n) is 0.681. The van der Waals surface area contributed by atoms with E-state index in [-0.39, 0.29) is 6.61 Å². The molecule has 0 amide bonds. The Hall–Kier alpha value is -0.220. The van der Waals surface area contributed by atoms with Gasteiger partial charge >= 0.3 is 16.5 Å². The number of hydrogen-bond donors (Lipinski definition) is 0. The molecule has 3 atom stereocenters. The Balaban J connectivity index is 0. The molecule has 8 heteroatoms. The van der Waals surface area contributed by atoms with Crippen LogP contribution in [-0.4, -0.2) is 12.7 Å². The first-order valence-corrected chi connectivity index (χ1v) is 5.78. The second kappa shape index (κ2) is 10.9. The molecule has 0 saturated carbocycles. The zero-order chi connectivity index (χ0) is 11.6. The van der Waals surface area contributed by atoms with Crippen molar-refractivity contribution in [2.45, 2.75) is 20.0 Å². The van der Waals surface area contributed by atoms with Crippen LogP contribution >= 0.6 is 16.5 Å². The molecule has 0 aromatic heterocycles. The molecule has 0 aromatic carbocycles. The van der Waals surface area contributed by atoms with Crippen LogP contribution < -0.4 is 9.79 Å². The Labute approximate surface area is 84.5 Å². The molecular weight excluding hydrogens is 230 g/mol. The summed E-state index contributed by atoms with van der Waals surface area (Å²) in [5.41, 5.74) is 0. The first-order valence-electron chi connectivity index (χ1n) is 3.59. The van der Waals surface area contributed by atoms with Crippen molar-refractivity contribution in [2.75, 3.05) is 6.61 Å². The Morgan fingerprint density at radius 3 is 2.14 bits per heavy atom. The summed E-state index contributed by atoms with van der Waals surface area (Å²) in [5, 5.41) is 0. The largest absolute Gasteiger partial charge is 0.566 e. The van der Waals surface area contributed by atoms with Gasteiger partial charge in [-0.25, -0.2) is 0 Å². The highest BCUT2D eigenvalue weighted by molar-refractivity contribution is 7.30. The Morgan fingerprint density at radius 1 is 1.43 bits per heavy atom. The molecule has 0 radical (unpaired) electrons. The summed E-state index contributed by atoms with van der Waals surface area (Å²) < 4.78 is 27.9. The van der Waals surface area contributed by atoms with Gasteiger partial charge in [0.25, 0.3) is 0 Å². The van der Waals surface area contributed by atoms with Gasteiger partial charge in [-0.2, -0.15) is 0 Å². The van der Waals surface area contributed by atoms with Crippen LogP contribution in [0.25, 0.3) is 0 Å². The standard InChI is InChI=1S/C3H6O6P2.C3H6/c1-3(9-11(6)7)2-8-10(4)5;1-3-2/h3H,2H2,1H3;3H,1H2,2H3. The fourth-order valence-corrected chi connectivity index (χ4v) is 1.03. The first-order chi connectivity index (χ1) is 6.43. The van der Waals surface area contributed by atoms with Crippen LogP contribution in [0.3, 0.4) is 0 Å². The van der Waals surface area contributed by atoms with Gasteiger partial charge in [-0.1, -0.05) is 6.08 Å². The summed E-state index contributed by atoms with van der Waals surface area (Å²) in [5.74, 6) is 0. The minimum absolute atomic E-state index is 0.290. The SMILES string of the molecule is C=CC.CC(CO[P+](=O)[O-])O[P+](=O)[O-]. The molecule has 0 fully saturated rings. The Morgan fingerprint density at radius 2 is 1.86 bits per heavy atom. The maximum absolute atomic E-state index is 9.86. The van der Waals surface area contributed by atoms with Crippen molar-refractivity contribution in [3.63, 3.8) is 0 Å². The summed E-state index contributed by atoms with van der Waals surface area (Å²) in [7, 11) is -5.88. The van der Waals surface area contributed by atoms with Gasteiger partial charge in [-0.15, -0.1) is 15.6 Å². The number of hydrogen-bond acceptors (Lipinski definition) is 6. The molecule has 0 N–H and O–H groups in total. The molecule has 82 valence electrons. The van der Waals surface area contributed by atoms with E-state index in [1.807, 2.05) is 6.92 Å². The maximum atomic E-state index is 9.86. The van der Waals surface area contributed by atoms with Gasteiger partial charge < -0.3 is 9.79 Å². The van der Waals surface area contributed by atoms with E-state index in [0.717, 1.165) is 0 Å². The Kier molecular flexibility index (Phi) is 12.6. The molecule has 0 bridgehead atoms. The lowest BCUT2D eigenvalue weighted by Gasteiger charge is -1.99. The minimum Gasteiger partial charge on any atom is -0.566 e. The van der Waals surface area contributed by atoms with Crippen molar-refractivity contribution in [2.24, 2.45) is 0 Å². The lowest BCUT2D eigenvalue weighted by atomic mass is 10.5. The molecule has 0 aliphatic heterocycles. The smallest absolute Gasteiger partial charge is 0.488 e. The number of rotatable bonds is 5. The van der Waals surface area contributed by atoms with Crippen molar-refractivity contribution < 1.29 is 28.0 Å². The van der Waals surface area contributed by atoms with Crippen molar-refractivity contribution in [1.29, 1.82) is 0 Å². The lowest BCUT2D eigenvalue weighted by molar-refractivity contribution is -0.195. The highest BCUT2D eigenvalue weighted by atomic mass is 31.1. The molecule has 0 aliphatic carbocycles. The van der Waals surface area contributed by atoms with Gasteiger partial charge in [-0.3, -0.25) is 0 Å². The van der Waals surface area contributed by atoms with Gasteiger partial charge in [0.15, 0.2) is 0 Å². The van der Waals surface area contributed by atoms with E-state index < -0.39 is 22.6 Å². The highest BCUT2D eigenvalue weighted by Gasteiger charge is 2.15. The zero-order valence-corrected chi connectivity index (χ0v) is 9.70. The summed E-state index contributed by atoms with van der Waals surface area (Å²) in [6.45, 7) is 6.34. The van der Waals surface area contributed by atoms with Crippen LogP contribution in [0.5, 0.6) is 0 Å². The molecule has 6 nitrogen and oxygen atoms in total. The predicted octanol–water partition coefficient (Wildman–Crippen LogP) is 0.636. The summed E-state index contributed by atoms with van der Waals surface area (Å²) in [6, 6.07) is 0. The summed E-state index contributed by atoms with van der Waals surface area (Å²) in [4.78, 5) is 19.7. The van der Waals surface area contributed by atoms with Crippen molar-refractivity contribution in [3.8, 4) is 0 Å². The fraction of sp³-hybridized carbons (Fsp3) is 0.667. The summed E-state index contributed by atoms with van der Waals surface area (Å²) in [6.07, 6.45) is 0.976. The van der Waals surface area contributed by atoms with E-state index in [0.29, 0.717) is 0 Å². The topological polar surface area (TPSA) is 98.7 Å². The first kappa shape index (κ1) is 16.2. The van der Waals surface area contributed by atoms with E-state index in [1.54, 1.807) is 6.08 Å². The molecule has 0 rings (SSSR count). The van der Waals surface area contributed by atoms with Crippen LogP contribution in [0.1, 0.15) is 13.8 Å². The van der Waals surface area contributed by atoms with Crippen molar-refractivity contribution in [1.82, 2.24) is 0 Å². The van der Waals surface area contributed by atoms with E-state index in [4.69, 9.17) is 0 Å². The fourth-order valence-electron chi connectivity index (χ4n) is 0.343. The second-order valence-electron chi connectivity index (χ2n) is 2.07. The molecule has 0 aliphatic rings. The molecule has 14 heavy (non-hydrogen) atoms. The molecular formula is C6H12O6P2. The van der Waals surface area contributed by atoms with Crippen LogP contribution in [-0.2, 0) is 18.2 Å². The average molecular weight is 242 g/mol. The monoisotopic (exact) mass is 242 g/mol. The van der Waals surface area contributed by atoms with Crippen LogP contribution in [0.2, 0.25) is 0 Å². The molecule has 3 unspecified atom stereocenters. The van der Waals surface area contributed by atoms with Crippen molar-refractivity contribution in [3.05, 3.63) is 12.7 Å². The third-order valence-corrected chi connectivity index (χ3v) is 1.57. The minimum atomic E-state index is -2.95. The van der Waals surface area contributed by atoms with E-state index in [9.17, 15) is 18.9 Å². The van der Waals surface area contributed by atoms with Crippen LogP contribution in [0, 0.1) is 0 Å². The third kappa shape index (κ3) is 17.8. The average Bonchev–Trinajstić information content (AvgIpc) is 2.01. The van der Waals surface area contributed by atoms with E-state index >= 15 is 0 Å². The Bertz CT molecular complexity index is 195. The van der Waals surface area contributed by atoms with Gasteiger partial charge in [-0.05, 0) is 23.0 Å². The zero-order valence-electron chi connectivity index (χ0n) is 7.91. The quantitative estimate of drug-likeness (QED) is 0.518. The second-order valence-corrected chi connectivity index (χ2v) is 3.43. The molecule has 0 saturated heterocycles. The normalized spacial score (nSPS) is 13.4. The highest BCUT2D eigenvalue weighted by Crippen LogP contribution is 2.16. The lowest BCUT2D eigenvalue weighted by Crippen LogP contribution is -2.13. The van der Waals surface area contributed by atoms with E-state index in [1.165, 1.54) is 6.92 Å². The molecule has 0 spiro atoms. The van der Waals surface area contributed by atoms with E-state index in [2.05, 4.69) is 15.6 Å². The maximum Gasteiger partial charge on any atom is 0.488 e. The van der Waals surface area contributed by atoms with Gasteiger partial charge in [0.2, 0.25) is 0 Å².